The van der Waals surface area contributed by atoms with Gasteiger partial charge in [-0.2, -0.15) is 18.3 Å². The minimum Gasteiger partial charge on any atom is -0.496 e. The van der Waals surface area contributed by atoms with Crippen LogP contribution in [0.1, 0.15) is 31.7 Å². The first-order chi connectivity index (χ1) is 18.0. The van der Waals surface area contributed by atoms with Gasteiger partial charge in [-0.1, -0.05) is 6.92 Å². The Morgan fingerprint density at radius 1 is 1.08 bits per heavy atom. The summed E-state index contributed by atoms with van der Waals surface area (Å²) in [6.45, 7) is 2.63. The molecule has 5 rings (SSSR count). The first kappa shape index (κ1) is 25.8. The van der Waals surface area contributed by atoms with Crippen molar-refractivity contribution in [2.24, 2.45) is 0 Å². The normalized spacial score (nSPS) is 21.4. The number of halogens is 5. The minimum absolute atomic E-state index is 0.157. The van der Waals surface area contributed by atoms with Crippen molar-refractivity contribution in [3.63, 3.8) is 0 Å². The monoisotopic (exact) mass is 533 g/mol. The Bertz CT molecular complexity index is 1480. The van der Waals surface area contributed by atoms with Crippen molar-refractivity contribution in [2.45, 2.75) is 44.1 Å². The number of anilines is 1. The van der Waals surface area contributed by atoms with E-state index in [1.807, 2.05) is 6.92 Å². The molecule has 0 aliphatic carbocycles. The van der Waals surface area contributed by atoms with Crippen LogP contribution in [0.3, 0.4) is 0 Å². The number of aromatic nitrogens is 4. The number of hydrogen-bond acceptors (Lipinski definition) is 6. The van der Waals surface area contributed by atoms with E-state index in [0.717, 1.165) is 6.07 Å². The van der Waals surface area contributed by atoms with Gasteiger partial charge in [0.05, 0.1) is 36.5 Å². The van der Waals surface area contributed by atoms with Crippen LogP contribution in [0.4, 0.5) is 27.8 Å². The van der Waals surface area contributed by atoms with Crippen LogP contribution in [0.5, 0.6) is 5.75 Å². The number of nitrogens with zero attached hydrogens (tertiary/aromatic N) is 4. The Morgan fingerprint density at radius 2 is 1.76 bits per heavy atom. The molecule has 2 unspecified atom stereocenters. The van der Waals surface area contributed by atoms with Crippen LogP contribution in [0.15, 0.2) is 48.7 Å². The molecule has 3 heterocycles. The van der Waals surface area contributed by atoms with Crippen molar-refractivity contribution >= 4 is 16.9 Å². The number of fused-ring (bicyclic) bond motifs is 1. The van der Waals surface area contributed by atoms with Crippen LogP contribution in [0.25, 0.3) is 16.7 Å². The lowest BCUT2D eigenvalue weighted by Gasteiger charge is -2.55. The molecule has 38 heavy (non-hydrogen) atoms. The maximum Gasteiger partial charge on any atom is 0.419 e. The van der Waals surface area contributed by atoms with E-state index in [9.17, 15) is 22.0 Å². The molecule has 0 radical (unpaired) electrons. The van der Waals surface area contributed by atoms with Crippen molar-refractivity contribution in [3.8, 4) is 11.4 Å². The highest BCUT2D eigenvalue weighted by Gasteiger charge is 2.68. The largest absolute Gasteiger partial charge is 0.496 e. The summed E-state index contributed by atoms with van der Waals surface area (Å²) in [5.74, 6) is -0.256. The minimum atomic E-state index is -4.74. The second-order valence-electron chi connectivity index (χ2n) is 9.31. The van der Waals surface area contributed by atoms with E-state index in [-0.39, 0.29) is 17.1 Å². The molecule has 0 amide bonds. The third-order valence-electron chi connectivity index (χ3n) is 6.69. The Morgan fingerprint density at radius 3 is 2.39 bits per heavy atom. The first-order valence-electron chi connectivity index (χ1n) is 11.8. The fourth-order valence-electron chi connectivity index (χ4n) is 4.81. The average molecular weight is 534 g/mol. The van der Waals surface area contributed by atoms with Crippen LogP contribution < -0.4 is 10.1 Å². The van der Waals surface area contributed by atoms with Gasteiger partial charge < -0.3 is 14.8 Å². The summed E-state index contributed by atoms with van der Waals surface area (Å²) >= 11 is 0. The topological polar surface area (TPSA) is 74.1 Å². The van der Waals surface area contributed by atoms with Gasteiger partial charge in [-0.3, -0.25) is 0 Å². The molecular formula is C26H24F5N5O2. The summed E-state index contributed by atoms with van der Waals surface area (Å²) in [4.78, 5) is 8.87. The third-order valence-corrected chi connectivity index (χ3v) is 6.69. The number of nitrogens with one attached hydrogen (secondary N) is 1. The second kappa shape index (κ2) is 9.19. The molecule has 0 bridgehead atoms. The summed E-state index contributed by atoms with van der Waals surface area (Å²) in [6.07, 6.45) is -3.36. The van der Waals surface area contributed by atoms with Crippen LogP contribution in [-0.4, -0.2) is 45.2 Å². The third kappa shape index (κ3) is 4.32. The quantitative estimate of drug-likeness (QED) is 0.307. The summed E-state index contributed by atoms with van der Waals surface area (Å²) < 4.78 is 82.7. The van der Waals surface area contributed by atoms with Gasteiger partial charge in [-0.25, -0.2) is 23.4 Å². The summed E-state index contributed by atoms with van der Waals surface area (Å²) in [5, 5.41) is 7.48. The van der Waals surface area contributed by atoms with Gasteiger partial charge in [0.2, 0.25) is 0 Å². The highest BCUT2D eigenvalue weighted by Crippen LogP contribution is 2.57. The SMILES string of the molecule is CCc1nc(NCC2(C(F)(F)F)CC(C)(c3cc(F)ccc3OC)O2)c2cnn(-c3ccc(F)cc3)c2n1. The fourth-order valence-corrected chi connectivity index (χ4v) is 4.81. The van der Waals surface area contributed by atoms with Gasteiger partial charge in [-0.05, 0) is 49.4 Å². The molecule has 2 aromatic carbocycles. The van der Waals surface area contributed by atoms with E-state index in [4.69, 9.17) is 9.47 Å². The average Bonchev–Trinajstić information content (AvgIpc) is 3.29. The lowest BCUT2D eigenvalue weighted by atomic mass is 9.75. The smallest absolute Gasteiger partial charge is 0.419 e. The molecule has 1 aliphatic rings. The predicted molar refractivity (Wildman–Crippen MR) is 129 cm³/mol. The first-order valence-corrected chi connectivity index (χ1v) is 11.8. The Balaban J connectivity index is 1.47. The van der Waals surface area contributed by atoms with Gasteiger partial charge in [0.15, 0.2) is 11.2 Å². The van der Waals surface area contributed by atoms with Crippen molar-refractivity contribution in [1.29, 1.82) is 0 Å². The highest BCUT2D eigenvalue weighted by atomic mass is 19.4. The van der Waals surface area contributed by atoms with E-state index >= 15 is 0 Å². The van der Waals surface area contributed by atoms with Gasteiger partial charge >= 0.3 is 6.18 Å². The van der Waals surface area contributed by atoms with Crippen molar-refractivity contribution in [3.05, 3.63) is 71.7 Å². The van der Waals surface area contributed by atoms with Crippen molar-refractivity contribution in [2.75, 3.05) is 19.0 Å². The van der Waals surface area contributed by atoms with E-state index in [2.05, 4.69) is 20.4 Å². The summed E-state index contributed by atoms with van der Waals surface area (Å²) in [6, 6.07) is 9.23. The number of benzene rings is 2. The number of hydrogen-bond donors (Lipinski definition) is 1. The zero-order chi connectivity index (χ0) is 27.3. The molecule has 0 saturated carbocycles. The van der Waals surface area contributed by atoms with Crippen LogP contribution >= 0.6 is 0 Å². The lowest BCUT2D eigenvalue weighted by molar-refractivity contribution is -0.380. The molecule has 1 saturated heterocycles. The lowest BCUT2D eigenvalue weighted by Crippen LogP contribution is -2.67. The molecule has 1 aliphatic heterocycles. The van der Waals surface area contributed by atoms with Crippen LogP contribution in [-0.2, 0) is 16.8 Å². The second-order valence-corrected chi connectivity index (χ2v) is 9.31. The Hall–Kier alpha value is -3.80. The maximum atomic E-state index is 14.3. The maximum absolute atomic E-state index is 14.3. The Kier molecular flexibility index (Phi) is 6.25. The van der Waals surface area contributed by atoms with Gasteiger partial charge in [0.25, 0.3) is 0 Å². The molecule has 4 aromatic rings. The number of aryl methyl sites for hydroxylation is 1. The Labute approximate surface area is 214 Å². The van der Waals surface area contributed by atoms with Crippen molar-refractivity contribution in [1.82, 2.24) is 19.7 Å². The van der Waals surface area contributed by atoms with Gasteiger partial charge in [0, 0.05) is 18.4 Å². The van der Waals surface area contributed by atoms with E-state index in [0.29, 0.717) is 29.0 Å². The summed E-state index contributed by atoms with van der Waals surface area (Å²) in [5.41, 5.74) is -2.90. The van der Waals surface area contributed by atoms with E-state index in [1.54, 1.807) is 0 Å². The fraction of sp³-hybridized carbons (Fsp3) is 0.346. The standard InChI is InChI=1S/C26H24F5N5O2/c1-4-21-34-22(18-12-33-36(23(18)35-21)17-8-5-15(27)6-9-17)32-14-25(26(29,30)31)13-24(2,38-25)19-11-16(28)7-10-20(19)37-3/h5-12H,4,13-14H2,1-3H3,(H,32,34,35). The molecule has 0 spiro atoms. The van der Waals surface area contributed by atoms with Crippen molar-refractivity contribution < 1.29 is 31.4 Å². The number of ether oxygens (including phenoxy) is 2. The molecule has 2 aromatic heterocycles. The highest BCUT2D eigenvalue weighted by molar-refractivity contribution is 5.87. The molecule has 200 valence electrons. The molecule has 7 nitrogen and oxygen atoms in total. The van der Waals surface area contributed by atoms with Crippen LogP contribution in [0, 0.1) is 11.6 Å². The van der Waals surface area contributed by atoms with Crippen LogP contribution in [0.2, 0.25) is 0 Å². The molecule has 2 atom stereocenters. The molecule has 1 fully saturated rings. The number of methoxy groups -OCH3 is 1. The molecular weight excluding hydrogens is 509 g/mol. The molecule has 12 heteroatoms. The zero-order valence-corrected chi connectivity index (χ0v) is 20.7. The van der Waals surface area contributed by atoms with E-state index < -0.39 is 42.0 Å². The molecule has 1 N–H and O–H groups in total. The number of rotatable bonds is 7. The zero-order valence-electron chi connectivity index (χ0n) is 20.7. The number of alkyl halides is 3. The van der Waals surface area contributed by atoms with E-state index in [1.165, 1.54) is 61.3 Å². The predicted octanol–water partition coefficient (Wildman–Crippen LogP) is 5.71. The van der Waals surface area contributed by atoms with Gasteiger partial charge in [-0.15, -0.1) is 0 Å². The summed E-state index contributed by atoms with van der Waals surface area (Å²) in [7, 11) is 1.36. The van der Waals surface area contributed by atoms with Gasteiger partial charge in [0.1, 0.15) is 29.0 Å².